The summed E-state index contributed by atoms with van der Waals surface area (Å²) in [6.45, 7) is 20.1. The highest BCUT2D eigenvalue weighted by Gasteiger charge is 2.34. The molecular formula is C36H62N4O9SSi2. The molecule has 0 spiro atoms. The number of benzene rings is 2. The van der Waals surface area contributed by atoms with Crippen LogP contribution in [0.1, 0.15) is 26.3 Å². The summed E-state index contributed by atoms with van der Waals surface area (Å²) in [6, 6.07) is 14.2. The second kappa shape index (κ2) is 21.6. The number of sulfonamides is 1. The van der Waals surface area contributed by atoms with Gasteiger partial charge in [0.15, 0.2) is 6.79 Å². The number of rotatable bonds is 24. The molecule has 0 saturated heterocycles. The Bertz CT molecular complexity index is 1490. The standard InChI is InChI=1S/C36H62N4O9SSi2/c1-10-37-35(41)38-32-23-30(16-17-33(32)48-26-46-18-20-51(4,5)6)50(44,45)40(24-28(2)3)25-34(49-27-47-19-21-52(7,8)9)31(39-36(42)43)22-29-14-12-11-13-15-29/h11-17,23,28,31,34,39H,10,18-22,24-27H2,1-9H3,(H,42,43)(H2,37,38,41)/t31-,34+/m0/s1. The topological polar surface area (TPSA) is 165 Å². The number of amides is 3. The van der Waals surface area contributed by atoms with Crippen LogP contribution in [0.4, 0.5) is 15.3 Å². The fraction of sp³-hybridized carbons (Fsp3) is 0.611. The summed E-state index contributed by atoms with van der Waals surface area (Å²) in [5.41, 5.74) is 1.01. The van der Waals surface area contributed by atoms with Gasteiger partial charge in [0.2, 0.25) is 10.0 Å². The van der Waals surface area contributed by atoms with Gasteiger partial charge in [0.25, 0.3) is 0 Å². The van der Waals surface area contributed by atoms with Crippen molar-refractivity contribution < 1.29 is 42.1 Å². The zero-order chi connectivity index (χ0) is 39.0. The number of urea groups is 1. The predicted octanol–water partition coefficient (Wildman–Crippen LogP) is 6.74. The van der Waals surface area contributed by atoms with Crippen LogP contribution in [0.2, 0.25) is 51.4 Å². The van der Waals surface area contributed by atoms with E-state index in [0.717, 1.165) is 17.7 Å². The number of carbonyl (C=O) groups excluding carboxylic acids is 1. The Hall–Kier alpha value is -3.00. The summed E-state index contributed by atoms with van der Waals surface area (Å²) in [5, 5.41) is 17.8. The van der Waals surface area contributed by atoms with Crippen LogP contribution in [0.15, 0.2) is 53.4 Å². The van der Waals surface area contributed by atoms with E-state index in [1.165, 1.54) is 22.5 Å². The molecule has 0 saturated carbocycles. The van der Waals surface area contributed by atoms with Crippen molar-refractivity contribution in [1.82, 2.24) is 14.9 Å². The zero-order valence-corrected chi connectivity index (χ0v) is 35.3. The van der Waals surface area contributed by atoms with E-state index in [9.17, 15) is 23.1 Å². The lowest BCUT2D eigenvalue weighted by molar-refractivity contribution is -0.0993. The van der Waals surface area contributed by atoms with Gasteiger partial charge in [-0.2, -0.15) is 4.31 Å². The summed E-state index contributed by atoms with van der Waals surface area (Å²) in [7, 11) is -6.92. The van der Waals surface area contributed by atoms with Crippen molar-refractivity contribution in [3.63, 3.8) is 0 Å². The van der Waals surface area contributed by atoms with E-state index in [1.54, 1.807) is 6.92 Å². The number of hydrogen-bond donors (Lipinski definition) is 4. The third kappa shape index (κ3) is 17.7. The summed E-state index contributed by atoms with van der Waals surface area (Å²) >= 11 is 0. The average molecular weight is 783 g/mol. The molecule has 2 atom stereocenters. The molecule has 0 unspecified atom stereocenters. The first-order valence-electron chi connectivity index (χ1n) is 17.9. The maximum absolute atomic E-state index is 14.5. The third-order valence-electron chi connectivity index (χ3n) is 7.84. The monoisotopic (exact) mass is 782 g/mol. The van der Waals surface area contributed by atoms with Crippen molar-refractivity contribution in [3.8, 4) is 5.75 Å². The molecule has 0 aliphatic heterocycles. The van der Waals surface area contributed by atoms with E-state index in [1.807, 2.05) is 44.2 Å². The lowest BCUT2D eigenvalue weighted by Gasteiger charge is -2.33. The molecule has 0 aromatic heterocycles. The second-order valence-electron chi connectivity index (χ2n) is 15.6. The molecule has 0 aliphatic rings. The van der Waals surface area contributed by atoms with Gasteiger partial charge in [0.05, 0.1) is 22.7 Å². The van der Waals surface area contributed by atoms with E-state index in [-0.39, 0.29) is 55.3 Å². The molecule has 2 aromatic carbocycles. The SMILES string of the molecule is CCNC(=O)Nc1cc(S(=O)(=O)N(CC(C)C)C[C@@H](OCOCC[Si](C)(C)C)[C@H](Cc2ccccc2)NC(=O)O)ccc1OCOCC[Si](C)(C)C. The van der Waals surface area contributed by atoms with Gasteiger partial charge < -0.3 is 40.0 Å². The molecular weight excluding hydrogens is 721 g/mol. The molecule has 2 rings (SSSR count). The van der Waals surface area contributed by atoms with Gasteiger partial charge in [-0.25, -0.2) is 18.0 Å². The first-order valence-corrected chi connectivity index (χ1v) is 26.8. The predicted molar refractivity (Wildman–Crippen MR) is 211 cm³/mol. The Kier molecular flexibility index (Phi) is 18.8. The largest absolute Gasteiger partial charge is 0.465 e. The smallest absolute Gasteiger partial charge is 0.404 e. The molecule has 13 nitrogen and oxygen atoms in total. The van der Waals surface area contributed by atoms with Gasteiger partial charge in [-0.05, 0) is 55.1 Å². The van der Waals surface area contributed by atoms with E-state index < -0.39 is 50.4 Å². The second-order valence-corrected chi connectivity index (χ2v) is 28.8. The Labute approximate surface area is 313 Å². The van der Waals surface area contributed by atoms with Gasteiger partial charge >= 0.3 is 12.1 Å². The van der Waals surface area contributed by atoms with E-state index >= 15 is 0 Å². The summed E-state index contributed by atoms with van der Waals surface area (Å²) in [4.78, 5) is 24.6. The maximum Gasteiger partial charge on any atom is 0.404 e. The molecule has 0 aliphatic carbocycles. The lowest BCUT2D eigenvalue weighted by atomic mass is 10.0. The minimum atomic E-state index is -4.22. The Morgan fingerprint density at radius 2 is 1.50 bits per heavy atom. The molecule has 294 valence electrons. The van der Waals surface area contributed by atoms with Crippen molar-refractivity contribution >= 4 is 44.0 Å². The van der Waals surface area contributed by atoms with Crippen LogP contribution in [0, 0.1) is 5.92 Å². The quantitative estimate of drug-likeness (QED) is 0.0513. The first kappa shape index (κ1) is 45.2. The first-order chi connectivity index (χ1) is 24.3. The van der Waals surface area contributed by atoms with Gasteiger partial charge in [0, 0.05) is 49.0 Å². The van der Waals surface area contributed by atoms with Crippen LogP contribution in [0.3, 0.4) is 0 Å². The van der Waals surface area contributed by atoms with Crippen molar-refractivity contribution in [2.45, 2.75) is 95.6 Å². The summed E-state index contributed by atoms with van der Waals surface area (Å²) in [6.07, 6.45) is -1.91. The van der Waals surface area contributed by atoms with Crippen LogP contribution in [-0.4, -0.2) is 105 Å². The number of anilines is 1. The minimum Gasteiger partial charge on any atom is -0.465 e. The number of hydrogen-bond acceptors (Lipinski definition) is 8. The average Bonchev–Trinajstić information content (AvgIpc) is 3.02. The molecule has 2 aromatic rings. The number of ether oxygens (including phenoxy) is 4. The van der Waals surface area contributed by atoms with Crippen molar-refractivity contribution in [1.29, 1.82) is 0 Å². The molecule has 52 heavy (non-hydrogen) atoms. The Balaban J connectivity index is 2.48. The van der Waals surface area contributed by atoms with Gasteiger partial charge in [-0.15, -0.1) is 0 Å². The maximum atomic E-state index is 14.5. The zero-order valence-electron chi connectivity index (χ0n) is 32.5. The number of carbonyl (C=O) groups is 2. The van der Waals surface area contributed by atoms with Crippen LogP contribution in [0.5, 0.6) is 5.75 Å². The summed E-state index contributed by atoms with van der Waals surface area (Å²) in [5.74, 6) is 0.158. The van der Waals surface area contributed by atoms with E-state index in [2.05, 4.69) is 55.2 Å². The van der Waals surface area contributed by atoms with Crippen LogP contribution < -0.4 is 20.7 Å². The van der Waals surface area contributed by atoms with Crippen molar-refractivity contribution in [2.24, 2.45) is 5.92 Å². The summed E-state index contributed by atoms with van der Waals surface area (Å²) < 4.78 is 53.8. The fourth-order valence-electron chi connectivity index (χ4n) is 4.96. The van der Waals surface area contributed by atoms with Crippen molar-refractivity contribution in [3.05, 3.63) is 54.1 Å². The molecule has 3 amide bonds. The highest BCUT2D eigenvalue weighted by Crippen LogP contribution is 2.30. The fourth-order valence-corrected chi connectivity index (χ4v) is 8.12. The van der Waals surface area contributed by atoms with Gasteiger partial charge in [0.1, 0.15) is 12.5 Å². The lowest BCUT2D eigenvalue weighted by Crippen LogP contribution is -2.52. The van der Waals surface area contributed by atoms with Crippen molar-refractivity contribution in [2.75, 3.05) is 51.8 Å². The van der Waals surface area contributed by atoms with Crippen LogP contribution in [-0.2, 0) is 30.7 Å². The molecule has 16 heteroatoms. The highest BCUT2D eigenvalue weighted by atomic mass is 32.2. The van der Waals surface area contributed by atoms with Gasteiger partial charge in [-0.3, -0.25) is 0 Å². The molecule has 0 bridgehead atoms. The molecule has 0 fully saturated rings. The van der Waals surface area contributed by atoms with Gasteiger partial charge in [-0.1, -0.05) is 83.5 Å². The molecule has 0 radical (unpaired) electrons. The highest BCUT2D eigenvalue weighted by molar-refractivity contribution is 7.89. The van der Waals surface area contributed by atoms with Crippen LogP contribution >= 0.6 is 0 Å². The third-order valence-corrected chi connectivity index (χ3v) is 13.1. The number of carboxylic acid groups (broad SMARTS) is 1. The normalized spacial score (nSPS) is 13.5. The minimum absolute atomic E-state index is 0.0709. The number of nitrogens with zero attached hydrogens (tertiary/aromatic N) is 1. The molecule has 0 heterocycles. The van der Waals surface area contributed by atoms with E-state index in [0.29, 0.717) is 19.8 Å². The van der Waals surface area contributed by atoms with E-state index in [4.69, 9.17) is 18.9 Å². The Morgan fingerprint density at radius 1 is 0.885 bits per heavy atom. The number of nitrogens with one attached hydrogen (secondary N) is 3. The van der Waals surface area contributed by atoms with Crippen LogP contribution in [0.25, 0.3) is 0 Å². The molecule has 4 N–H and O–H groups in total. The Morgan fingerprint density at radius 3 is 2.06 bits per heavy atom.